The molecule has 2 aromatic heterocycles. The highest BCUT2D eigenvalue weighted by molar-refractivity contribution is 5.95. The van der Waals surface area contributed by atoms with E-state index >= 15 is 0 Å². The molecule has 3 aromatic rings. The van der Waals surface area contributed by atoms with Crippen molar-refractivity contribution < 1.29 is 51.3 Å². The Labute approximate surface area is 242 Å². The number of nitrogens with zero attached hydrogens (tertiary/aromatic N) is 2. The minimum atomic E-state index is -5.08. The van der Waals surface area contributed by atoms with Gasteiger partial charge in [-0.05, 0) is 56.9 Å². The maximum atomic E-state index is 14.1. The molecule has 234 valence electrons. The number of carbonyl (C=O) groups is 3. The fraction of sp³-hybridized carbons (Fsp3) is 0.429. The number of aryl methyl sites for hydroxylation is 1. The van der Waals surface area contributed by atoms with E-state index in [1.165, 1.54) is 18.2 Å². The van der Waals surface area contributed by atoms with Gasteiger partial charge in [0.25, 0.3) is 5.91 Å². The van der Waals surface area contributed by atoms with E-state index in [0.29, 0.717) is 29.2 Å². The molecule has 1 aliphatic carbocycles. The lowest BCUT2D eigenvalue weighted by Crippen LogP contribution is -2.53. The molecule has 43 heavy (non-hydrogen) atoms. The van der Waals surface area contributed by atoms with Gasteiger partial charge in [-0.15, -0.1) is 0 Å². The fourth-order valence-corrected chi connectivity index (χ4v) is 4.42. The summed E-state index contributed by atoms with van der Waals surface area (Å²) in [6, 6.07) is 5.34. The molecule has 4 N–H and O–H groups in total. The number of ether oxygens (including phenoxy) is 1. The summed E-state index contributed by atoms with van der Waals surface area (Å²) < 4.78 is 67.4. The van der Waals surface area contributed by atoms with Gasteiger partial charge in [0.05, 0.1) is 16.8 Å². The zero-order valence-corrected chi connectivity index (χ0v) is 23.5. The van der Waals surface area contributed by atoms with Crippen LogP contribution in [0.5, 0.6) is 5.75 Å². The number of aliphatic carboxylic acids is 1. The van der Waals surface area contributed by atoms with Gasteiger partial charge in [-0.25, -0.2) is 23.4 Å². The van der Waals surface area contributed by atoms with Crippen molar-refractivity contribution >= 4 is 23.6 Å². The Morgan fingerprint density at radius 3 is 2.26 bits per heavy atom. The van der Waals surface area contributed by atoms with E-state index in [9.17, 15) is 36.6 Å². The van der Waals surface area contributed by atoms with Crippen LogP contribution in [0.15, 0.2) is 30.5 Å². The number of hydrogen-bond donors (Lipinski definition) is 4. The van der Waals surface area contributed by atoms with E-state index in [4.69, 9.17) is 19.6 Å². The van der Waals surface area contributed by atoms with Gasteiger partial charge in [0, 0.05) is 18.7 Å². The molecule has 2 heterocycles. The topological polar surface area (TPSA) is 142 Å². The monoisotopic (exact) mass is 614 g/mol. The van der Waals surface area contributed by atoms with E-state index in [-0.39, 0.29) is 30.5 Å². The largest absolute Gasteiger partial charge is 0.490 e. The fourth-order valence-electron chi connectivity index (χ4n) is 4.42. The highest BCUT2D eigenvalue weighted by Gasteiger charge is 2.38. The first kappa shape index (κ1) is 33.1. The molecule has 0 aliphatic heterocycles. The van der Waals surface area contributed by atoms with E-state index in [1.54, 1.807) is 23.6 Å². The Balaban J connectivity index is 0.000000646. The normalized spacial score (nSPS) is 14.3. The lowest BCUT2D eigenvalue weighted by Gasteiger charge is -2.29. The number of aromatic nitrogens is 2. The zero-order chi connectivity index (χ0) is 32.1. The van der Waals surface area contributed by atoms with Crippen LogP contribution in [0.2, 0.25) is 0 Å². The summed E-state index contributed by atoms with van der Waals surface area (Å²) in [5.41, 5.74) is 1.11. The second-order valence-corrected chi connectivity index (χ2v) is 10.4. The van der Waals surface area contributed by atoms with Crippen LogP contribution in [-0.2, 0) is 11.4 Å². The SMILES string of the molecule is CCCC(C)(CNC(=O)c1c(C2CC2)nc2c(OCc3c(F)cccc3F)cc(C)cn12)NC(=O)O.O=C(O)C(F)(F)F. The summed E-state index contributed by atoms with van der Waals surface area (Å²) >= 11 is 0. The lowest BCUT2D eigenvalue weighted by molar-refractivity contribution is -0.192. The Kier molecular flexibility index (Phi) is 10.2. The first-order valence-electron chi connectivity index (χ1n) is 13.2. The van der Waals surface area contributed by atoms with Crippen molar-refractivity contribution in [2.75, 3.05) is 6.54 Å². The van der Waals surface area contributed by atoms with Crippen molar-refractivity contribution in [2.45, 2.75) is 70.7 Å². The van der Waals surface area contributed by atoms with Gasteiger partial charge >= 0.3 is 18.2 Å². The number of hydrogen-bond acceptors (Lipinski definition) is 5. The van der Waals surface area contributed by atoms with E-state index in [0.717, 1.165) is 24.8 Å². The van der Waals surface area contributed by atoms with Gasteiger partial charge < -0.3 is 25.6 Å². The molecule has 1 atom stereocenters. The number of carboxylic acids is 1. The second kappa shape index (κ2) is 13.3. The molecule has 0 saturated heterocycles. The van der Waals surface area contributed by atoms with Crippen LogP contribution in [0.25, 0.3) is 5.65 Å². The van der Waals surface area contributed by atoms with Crippen LogP contribution < -0.4 is 15.4 Å². The Hall–Kier alpha value is -4.43. The third kappa shape index (κ3) is 8.55. The average Bonchev–Trinajstić information content (AvgIpc) is 3.67. The van der Waals surface area contributed by atoms with Crippen LogP contribution in [0, 0.1) is 18.6 Å². The molecule has 1 aliphatic rings. The number of amides is 2. The molecule has 1 fully saturated rings. The van der Waals surface area contributed by atoms with Gasteiger partial charge in [0.1, 0.15) is 23.9 Å². The van der Waals surface area contributed by atoms with Crippen LogP contribution >= 0.6 is 0 Å². The van der Waals surface area contributed by atoms with Gasteiger partial charge in [-0.3, -0.25) is 9.20 Å². The van der Waals surface area contributed by atoms with Crippen LogP contribution in [-0.4, -0.2) is 55.8 Å². The minimum absolute atomic E-state index is 0.102. The number of alkyl halides is 3. The number of pyridine rings is 1. The summed E-state index contributed by atoms with van der Waals surface area (Å²) in [5.74, 6) is -4.11. The van der Waals surface area contributed by atoms with E-state index in [2.05, 4.69) is 10.6 Å². The number of carboxylic acid groups (broad SMARTS) is 2. The first-order chi connectivity index (χ1) is 20.1. The Bertz CT molecular complexity index is 1480. The summed E-state index contributed by atoms with van der Waals surface area (Å²) in [6.45, 7) is 5.28. The molecule has 10 nitrogen and oxygen atoms in total. The summed E-state index contributed by atoms with van der Waals surface area (Å²) in [6.07, 6.45) is -1.40. The summed E-state index contributed by atoms with van der Waals surface area (Å²) in [7, 11) is 0. The minimum Gasteiger partial charge on any atom is -0.485 e. The molecular weight excluding hydrogens is 583 g/mol. The summed E-state index contributed by atoms with van der Waals surface area (Å²) in [4.78, 5) is 38.3. The number of fused-ring (bicyclic) bond motifs is 1. The predicted molar refractivity (Wildman–Crippen MR) is 143 cm³/mol. The maximum absolute atomic E-state index is 14.1. The van der Waals surface area contributed by atoms with Crippen LogP contribution in [0.1, 0.15) is 72.8 Å². The quantitative estimate of drug-likeness (QED) is 0.219. The molecule has 15 heteroatoms. The standard InChI is InChI=1S/C26H30F2N4O4.C2HF3O2/c1-4-10-26(3,31-25(34)35)14-29-24(33)22-21(16-8-9-16)30-23-20(11-15(2)12-32(22)23)36-13-17-18(27)6-5-7-19(17)28;3-2(4,5)1(6)7/h5-7,11-12,16,31H,4,8-10,13-14H2,1-3H3,(H,29,33)(H,34,35);(H,6,7). The number of halogens is 5. The maximum Gasteiger partial charge on any atom is 0.490 e. The highest BCUT2D eigenvalue weighted by atomic mass is 19.4. The van der Waals surface area contributed by atoms with Gasteiger partial charge in [-0.1, -0.05) is 19.4 Å². The molecule has 0 spiro atoms. The van der Waals surface area contributed by atoms with Crippen LogP contribution in [0.3, 0.4) is 0 Å². The zero-order valence-electron chi connectivity index (χ0n) is 23.5. The second-order valence-electron chi connectivity index (χ2n) is 10.4. The molecule has 2 amide bonds. The van der Waals surface area contributed by atoms with Gasteiger partial charge in [0.2, 0.25) is 0 Å². The molecule has 1 saturated carbocycles. The van der Waals surface area contributed by atoms with Crippen molar-refractivity contribution in [3.8, 4) is 5.75 Å². The molecule has 1 unspecified atom stereocenters. The number of benzene rings is 1. The molecule has 0 bridgehead atoms. The molecule has 1 aromatic carbocycles. The van der Waals surface area contributed by atoms with Crippen molar-refractivity contribution in [3.63, 3.8) is 0 Å². The Morgan fingerprint density at radius 1 is 1.14 bits per heavy atom. The molecule has 4 rings (SSSR count). The molecule has 0 radical (unpaired) electrons. The predicted octanol–water partition coefficient (Wildman–Crippen LogP) is 5.57. The lowest BCUT2D eigenvalue weighted by atomic mass is 9.96. The average molecular weight is 615 g/mol. The van der Waals surface area contributed by atoms with Crippen molar-refractivity contribution in [2.24, 2.45) is 0 Å². The van der Waals surface area contributed by atoms with Crippen molar-refractivity contribution in [3.05, 3.63) is 64.6 Å². The smallest absolute Gasteiger partial charge is 0.485 e. The number of carbonyl (C=O) groups excluding carboxylic acids is 1. The third-order valence-electron chi connectivity index (χ3n) is 6.55. The number of rotatable bonds is 10. The number of nitrogens with one attached hydrogen (secondary N) is 2. The van der Waals surface area contributed by atoms with Gasteiger partial charge in [0.15, 0.2) is 11.4 Å². The van der Waals surface area contributed by atoms with E-state index in [1.807, 2.05) is 13.8 Å². The number of imidazole rings is 1. The Morgan fingerprint density at radius 2 is 1.74 bits per heavy atom. The third-order valence-corrected chi connectivity index (χ3v) is 6.55. The van der Waals surface area contributed by atoms with Crippen molar-refractivity contribution in [1.29, 1.82) is 0 Å². The van der Waals surface area contributed by atoms with Crippen molar-refractivity contribution in [1.82, 2.24) is 20.0 Å². The van der Waals surface area contributed by atoms with Gasteiger partial charge in [-0.2, -0.15) is 13.2 Å². The summed E-state index contributed by atoms with van der Waals surface area (Å²) in [5, 5.41) is 21.7. The van der Waals surface area contributed by atoms with Crippen LogP contribution in [0.4, 0.5) is 26.7 Å². The van der Waals surface area contributed by atoms with E-state index < -0.39 is 35.4 Å². The first-order valence-corrected chi connectivity index (χ1v) is 13.2. The molecular formula is C28H31F5N4O6. The highest BCUT2D eigenvalue weighted by Crippen LogP contribution is 2.42.